The third kappa shape index (κ3) is 4.71. The second-order valence-corrected chi connectivity index (χ2v) is 7.95. The minimum Gasteiger partial charge on any atom is -0.494 e. The zero-order valence-electron chi connectivity index (χ0n) is 17.5. The lowest BCUT2D eigenvalue weighted by molar-refractivity contribution is -0.141. The topological polar surface area (TPSA) is 95.5 Å². The maximum Gasteiger partial charge on any atom is 0.303 e. The molecule has 0 radical (unpaired) electrons. The van der Waals surface area contributed by atoms with E-state index in [9.17, 15) is 14.7 Å². The number of ether oxygens (including phenoxy) is 1. The van der Waals surface area contributed by atoms with Gasteiger partial charge in [-0.05, 0) is 43.2 Å². The highest BCUT2D eigenvalue weighted by molar-refractivity contribution is 5.81. The van der Waals surface area contributed by atoms with Crippen molar-refractivity contribution < 1.29 is 19.4 Å². The number of fused-ring (bicyclic) bond motifs is 1. The Bertz CT molecular complexity index is 859. The Labute approximate surface area is 171 Å². The molecule has 0 bridgehead atoms. The van der Waals surface area contributed by atoms with Crippen LogP contribution in [0.2, 0.25) is 0 Å². The normalized spacial score (nSPS) is 19.7. The lowest BCUT2D eigenvalue weighted by Crippen LogP contribution is -2.47. The number of piperidine rings is 1. The second kappa shape index (κ2) is 9.29. The van der Waals surface area contributed by atoms with Gasteiger partial charge in [-0.15, -0.1) is 0 Å². The average molecular weight is 402 g/mol. The smallest absolute Gasteiger partial charge is 0.303 e. The number of carboxylic acid groups (broad SMARTS) is 1. The molecule has 2 aromatic rings. The van der Waals surface area contributed by atoms with Crippen LogP contribution in [0.4, 0.5) is 0 Å². The van der Waals surface area contributed by atoms with Crippen LogP contribution >= 0.6 is 0 Å². The highest BCUT2D eigenvalue weighted by atomic mass is 16.5. The minimum absolute atomic E-state index is 0.0355. The van der Waals surface area contributed by atoms with Crippen LogP contribution in [0.1, 0.15) is 45.4 Å². The van der Waals surface area contributed by atoms with Gasteiger partial charge in [0.2, 0.25) is 5.91 Å². The molecule has 0 saturated carbocycles. The summed E-state index contributed by atoms with van der Waals surface area (Å²) >= 11 is 0. The molecule has 2 heterocycles. The number of carbonyl (C=O) groups is 2. The molecule has 29 heavy (non-hydrogen) atoms. The monoisotopic (exact) mass is 401 g/mol. The number of benzene rings is 1. The fourth-order valence-corrected chi connectivity index (χ4v) is 4.47. The molecule has 1 aromatic heterocycles. The van der Waals surface area contributed by atoms with Gasteiger partial charge in [0, 0.05) is 31.8 Å². The van der Waals surface area contributed by atoms with Crippen LogP contribution in [-0.4, -0.2) is 52.1 Å². The summed E-state index contributed by atoms with van der Waals surface area (Å²) < 4.78 is 5.39. The number of nitrogens with zero attached hydrogens (tertiary/aromatic N) is 2. The molecule has 1 aromatic carbocycles. The van der Waals surface area contributed by atoms with Crippen molar-refractivity contribution in [1.82, 2.24) is 14.9 Å². The summed E-state index contributed by atoms with van der Waals surface area (Å²) in [5.41, 5.74) is 1.68. The lowest BCUT2D eigenvalue weighted by Gasteiger charge is -2.39. The number of aromatic nitrogens is 2. The van der Waals surface area contributed by atoms with Gasteiger partial charge in [0.1, 0.15) is 17.1 Å². The van der Waals surface area contributed by atoms with Gasteiger partial charge >= 0.3 is 5.97 Å². The first-order chi connectivity index (χ1) is 14.0. The number of imidazole rings is 1. The van der Waals surface area contributed by atoms with Gasteiger partial charge in [-0.3, -0.25) is 9.59 Å². The molecular formula is C22H31N3O4. The second-order valence-electron chi connectivity index (χ2n) is 7.95. The number of para-hydroxylation sites is 1. The van der Waals surface area contributed by atoms with E-state index in [1.807, 2.05) is 36.9 Å². The average Bonchev–Trinajstić information content (AvgIpc) is 3.12. The number of likely N-dealkylation sites (tertiary alicyclic amines) is 1. The van der Waals surface area contributed by atoms with E-state index in [0.717, 1.165) is 29.7 Å². The van der Waals surface area contributed by atoms with Crippen LogP contribution in [0.3, 0.4) is 0 Å². The number of amides is 1. The first kappa shape index (κ1) is 21.1. The fraction of sp³-hybridized carbons (Fsp3) is 0.591. The molecule has 2 N–H and O–H groups in total. The minimum atomic E-state index is -0.786. The Balaban J connectivity index is 1.81. The molecule has 1 aliphatic heterocycles. The van der Waals surface area contributed by atoms with Crippen molar-refractivity contribution >= 4 is 22.9 Å². The number of aliphatic carboxylic acids is 1. The van der Waals surface area contributed by atoms with Crippen molar-refractivity contribution in [2.75, 3.05) is 20.2 Å². The summed E-state index contributed by atoms with van der Waals surface area (Å²) in [5.74, 6) is 1.06. The number of rotatable bonds is 8. The molecular weight excluding hydrogens is 370 g/mol. The van der Waals surface area contributed by atoms with Gasteiger partial charge in [-0.1, -0.05) is 19.9 Å². The summed E-state index contributed by atoms with van der Waals surface area (Å²) in [4.78, 5) is 34.2. The summed E-state index contributed by atoms with van der Waals surface area (Å²) in [6.45, 7) is 5.31. The van der Waals surface area contributed by atoms with Gasteiger partial charge in [-0.25, -0.2) is 4.98 Å². The van der Waals surface area contributed by atoms with Crippen molar-refractivity contribution in [3.63, 3.8) is 0 Å². The van der Waals surface area contributed by atoms with Crippen LogP contribution < -0.4 is 4.74 Å². The predicted octanol–water partition coefficient (Wildman–Crippen LogP) is 3.49. The third-order valence-electron chi connectivity index (χ3n) is 6.17. The molecule has 158 valence electrons. The van der Waals surface area contributed by atoms with Crippen LogP contribution in [0.5, 0.6) is 5.75 Å². The molecule has 3 rings (SSSR count). The van der Waals surface area contributed by atoms with E-state index in [1.54, 1.807) is 7.11 Å². The maximum absolute atomic E-state index is 12.9. The van der Waals surface area contributed by atoms with Gasteiger partial charge in [0.25, 0.3) is 0 Å². The summed E-state index contributed by atoms with van der Waals surface area (Å²) in [7, 11) is 1.62. The van der Waals surface area contributed by atoms with Crippen LogP contribution in [0.25, 0.3) is 11.0 Å². The van der Waals surface area contributed by atoms with E-state index in [-0.39, 0.29) is 30.1 Å². The number of methoxy groups -OCH3 is 1. The van der Waals surface area contributed by atoms with Crippen LogP contribution in [0.15, 0.2) is 18.2 Å². The number of carbonyl (C=O) groups excluding carboxylic acids is 1. The van der Waals surface area contributed by atoms with Crippen molar-refractivity contribution in [2.45, 2.75) is 46.0 Å². The Morgan fingerprint density at radius 3 is 2.72 bits per heavy atom. The largest absolute Gasteiger partial charge is 0.494 e. The highest BCUT2D eigenvalue weighted by Crippen LogP contribution is 2.32. The Hall–Kier alpha value is -2.57. The molecule has 1 amide bonds. The van der Waals surface area contributed by atoms with Gasteiger partial charge in [0.05, 0.1) is 12.6 Å². The Kier molecular flexibility index (Phi) is 6.77. The fourth-order valence-electron chi connectivity index (χ4n) is 4.47. The molecule has 1 fully saturated rings. The Morgan fingerprint density at radius 2 is 2.07 bits per heavy atom. The quantitative estimate of drug-likeness (QED) is 0.706. The van der Waals surface area contributed by atoms with Gasteiger partial charge in [0.15, 0.2) is 0 Å². The zero-order valence-corrected chi connectivity index (χ0v) is 17.5. The van der Waals surface area contributed by atoms with Crippen LogP contribution in [-0.2, 0) is 16.0 Å². The molecule has 7 heteroatoms. The molecule has 0 aliphatic carbocycles. The summed E-state index contributed by atoms with van der Waals surface area (Å²) in [6, 6.07) is 5.73. The molecule has 1 saturated heterocycles. The third-order valence-corrected chi connectivity index (χ3v) is 6.17. The van der Waals surface area contributed by atoms with Crippen molar-refractivity contribution in [3.8, 4) is 5.75 Å². The lowest BCUT2D eigenvalue weighted by atomic mass is 9.80. The predicted molar refractivity (Wildman–Crippen MR) is 111 cm³/mol. The molecule has 1 aliphatic rings. The van der Waals surface area contributed by atoms with Crippen molar-refractivity contribution in [3.05, 3.63) is 24.0 Å². The molecule has 2 atom stereocenters. The highest BCUT2D eigenvalue weighted by Gasteiger charge is 2.34. The SMILES string of the molecule is CCC(CC)C(=O)N1CC[C@@H](CC(=O)O)[C@@H](Cc2nc3c(OC)cccc3[nH]2)C1. The first-order valence-corrected chi connectivity index (χ1v) is 10.5. The molecule has 0 unspecified atom stereocenters. The van der Waals surface area contributed by atoms with Gasteiger partial charge in [-0.2, -0.15) is 0 Å². The van der Waals surface area contributed by atoms with E-state index in [2.05, 4.69) is 4.98 Å². The number of aromatic amines is 1. The first-order valence-electron chi connectivity index (χ1n) is 10.5. The number of hydrogen-bond donors (Lipinski definition) is 2. The van der Waals surface area contributed by atoms with E-state index in [0.29, 0.717) is 31.7 Å². The molecule has 7 nitrogen and oxygen atoms in total. The Morgan fingerprint density at radius 1 is 1.31 bits per heavy atom. The van der Waals surface area contributed by atoms with E-state index >= 15 is 0 Å². The number of carboxylic acids is 1. The summed E-state index contributed by atoms with van der Waals surface area (Å²) in [5, 5.41) is 9.35. The number of H-pyrrole nitrogens is 1. The van der Waals surface area contributed by atoms with E-state index in [4.69, 9.17) is 9.72 Å². The van der Waals surface area contributed by atoms with Gasteiger partial charge < -0.3 is 19.7 Å². The number of hydrogen-bond acceptors (Lipinski definition) is 4. The van der Waals surface area contributed by atoms with Crippen molar-refractivity contribution in [2.24, 2.45) is 17.8 Å². The number of nitrogens with one attached hydrogen (secondary N) is 1. The van der Waals surface area contributed by atoms with Crippen LogP contribution in [0, 0.1) is 17.8 Å². The van der Waals surface area contributed by atoms with E-state index < -0.39 is 5.97 Å². The zero-order chi connectivity index (χ0) is 21.0. The van der Waals surface area contributed by atoms with E-state index in [1.165, 1.54) is 0 Å². The standard InChI is InChI=1S/C22H31N3O4/c1-4-14(5-2)22(28)25-10-9-15(12-20(26)27)16(13-25)11-19-23-17-7-6-8-18(29-3)21(17)24-19/h6-8,14-16H,4-5,9-13H2,1-3H3,(H,23,24)(H,26,27)/t15-,16-/m0/s1. The van der Waals surface area contributed by atoms with Crippen molar-refractivity contribution in [1.29, 1.82) is 0 Å². The molecule has 0 spiro atoms. The maximum atomic E-state index is 12.9. The summed E-state index contributed by atoms with van der Waals surface area (Å²) in [6.07, 6.45) is 3.12.